The summed E-state index contributed by atoms with van der Waals surface area (Å²) in [5.41, 5.74) is 14.1. The first-order valence-electron chi connectivity index (χ1n) is 25.8. The summed E-state index contributed by atoms with van der Waals surface area (Å²) in [6, 6.07) is 63.8. The Balaban J connectivity index is 1.15. The summed E-state index contributed by atoms with van der Waals surface area (Å²) < 4.78 is 13.9. The van der Waals surface area contributed by atoms with Gasteiger partial charge in [0.25, 0.3) is 6.33 Å². The largest absolute Gasteiger partial charge is 0.458 e. The van der Waals surface area contributed by atoms with Gasteiger partial charge in [-0.05, 0) is 127 Å². The van der Waals surface area contributed by atoms with E-state index in [9.17, 15) is 0 Å². The van der Waals surface area contributed by atoms with Gasteiger partial charge >= 0.3 is 0 Å². The third-order valence-electron chi connectivity index (χ3n) is 15.0. The molecule has 7 aromatic carbocycles. The zero-order valence-electron chi connectivity index (χ0n) is 45.1. The molecule has 0 unspecified atom stereocenters. The Morgan fingerprint density at radius 1 is 0.438 bits per heavy atom. The van der Waals surface area contributed by atoms with Crippen LogP contribution in [0.25, 0.3) is 50.1 Å². The average molecular weight is 959 g/mol. The molecule has 0 spiro atoms. The smallest absolute Gasteiger partial charge is 0.269 e. The Morgan fingerprint density at radius 3 is 1.66 bits per heavy atom. The first-order valence-corrected chi connectivity index (χ1v) is 25.8. The lowest BCUT2D eigenvalue weighted by Gasteiger charge is -2.28. The highest BCUT2D eigenvalue weighted by atomic mass is 16.5. The molecule has 0 aliphatic carbocycles. The molecule has 3 aromatic heterocycles. The molecule has 10 rings (SSSR count). The summed E-state index contributed by atoms with van der Waals surface area (Å²) in [4.78, 5) is 5.01. The molecule has 0 aliphatic rings. The van der Waals surface area contributed by atoms with Crippen LogP contribution in [0.4, 0.5) is 0 Å². The average Bonchev–Trinajstić information content (AvgIpc) is 3.97. The Bertz CT molecular complexity index is 3630. The van der Waals surface area contributed by atoms with E-state index >= 15 is 0 Å². The molecule has 368 valence electrons. The fraction of sp³-hybridized carbons (Fsp3) is 0.265. The van der Waals surface area contributed by atoms with Gasteiger partial charge in [-0.1, -0.05) is 193 Å². The Labute approximate surface area is 433 Å². The molecule has 0 amide bonds. The van der Waals surface area contributed by atoms with Crippen molar-refractivity contribution in [3.63, 3.8) is 0 Å². The van der Waals surface area contributed by atoms with Crippen LogP contribution in [0.2, 0.25) is 0 Å². The molecule has 0 fully saturated rings. The molecule has 73 heavy (non-hydrogen) atoms. The second-order valence-corrected chi connectivity index (χ2v) is 24.2. The van der Waals surface area contributed by atoms with Crippen LogP contribution in [0, 0.1) is 6.33 Å². The molecule has 0 aliphatic heterocycles. The maximum Gasteiger partial charge on any atom is 0.269 e. The van der Waals surface area contributed by atoms with E-state index < -0.39 is 0 Å². The van der Waals surface area contributed by atoms with Crippen molar-refractivity contribution in [2.24, 2.45) is 0 Å². The first-order chi connectivity index (χ1) is 34.6. The second-order valence-electron chi connectivity index (χ2n) is 24.2. The molecule has 0 bridgehead atoms. The minimum atomic E-state index is -0.368. The van der Waals surface area contributed by atoms with E-state index in [0.717, 1.165) is 61.9 Å². The maximum atomic E-state index is 7.17. The number of hydrogen-bond donors (Lipinski definition) is 0. The van der Waals surface area contributed by atoms with Crippen LogP contribution < -0.4 is 9.30 Å². The second kappa shape index (κ2) is 18.2. The normalized spacial score (nSPS) is 12.7. The summed E-state index contributed by atoms with van der Waals surface area (Å²) in [6.45, 7) is 29.7. The standard InChI is InChI=1S/C68H70N4O/c1-64(2,3)50-29-32-60-59(40-50)58-31-30-56(43-61(58)72(60)63-41-51(33-34-69-63)65(4,5)6)73-57-39-53(68(12,13)49-27-21-16-22-28-49)38-55(42-57)71-45-70(44-62(71)66(7,8)9)54-36-47(46-23-17-14-18-24-46)35-52(37-54)67(10,11)48-25-19-15-20-26-48/h14-44H,1-13H3. The topological polar surface area (TPSA) is 35.9 Å². The van der Waals surface area contributed by atoms with Gasteiger partial charge in [0.1, 0.15) is 17.3 Å². The van der Waals surface area contributed by atoms with Gasteiger partial charge < -0.3 is 4.74 Å². The predicted octanol–water partition coefficient (Wildman–Crippen LogP) is 17.0. The van der Waals surface area contributed by atoms with Crippen LogP contribution in [0.15, 0.2) is 188 Å². The number of rotatable bonds is 10. The van der Waals surface area contributed by atoms with Gasteiger partial charge in [-0.25, -0.2) is 4.98 Å². The van der Waals surface area contributed by atoms with Crippen LogP contribution >= 0.6 is 0 Å². The van der Waals surface area contributed by atoms with Gasteiger partial charge in [-0.2, -0.15) is 0 Å². The quantitative estimate of drug-likeness (QED) is 0.101. The molecule has 0 saturated heterocycles. The molecule has 10 aromatic rings. The number of imidazole rings is 1. The van der Waals surface area contributed by atoms with Crippen LogP contribution in [0.1, 0.15) is 129 Å². The lowest BCUT2D eigenvalue weighted by atomic mass is 9.77. The van der Waals surface area contributed by atoms with Gasteiger partial charge in [-0.15, -0.1) is 0 Å². The molecule has 0 radical (unpaired) electrons. The molecule has 3 heterocycles. The molecule has 0 saturated carbocycles. The van der Waals surface area contributed by atoms with Gasteiger partial charge in [0, 0.05) is 40.1 Å². The Morgan fingerprint density at radius 2 is 1.04 bits per heavy atom. The monoisotopic (exact) mass is 959 g/mol. The van der Waals surface area contributed by atoms with Crippen LogP contribution in [-0.4, -0.2) is 14.1 Å². The number of benzene rings is 7. The van der Waals surface area contributed by atoms with Crippen LogP contribution in [0.3, 0.4) is 0 Å². The van der Waals surface area contributed by atoms with E-state index in [1.807, 2.05) is 6.20 Å². The van der Waals surface area contributed by atoms with E-state index in [4.69, 9.17) is 9.72 Å². The Hall–Kier alpha value is -7.50. The van der Waals surface area contributed by atoms with Gasteiger partial charge in [0.15, 0.2) is 0 Å². The van der Waals surface area contributed by atoms with E-state index in [2.05, 4.69) is 292 Å². The summed E-state index contributed by atoms with van der Waals surface area (Å²) in [6.07, 6.45) is 8.09. The number of ether oxygens (including phenoxy) is 1. The van der Waals surface area contributed by atoms with E-state index in [-0.39, 0.29) is 27.1 Å². The zero-order chi connectivity index (χ0) is 51.7. The molecular formula is C68H70N4O. The van der Waals surface area contributed by atoms with Crippen molar-refractivity contribution in [1.82, 2.24) is 14.1 Å². The van der Waals surface area contributed by atoms with Gasteiger partial charge in [0.2, 0.25) is 0 Å². The maximum absolute atomic E-state index is 7.17. The Kier molecular flexibility index (Phi) is 12.2. The third-order valence-corrected chi connectivity index (χ3v) is 15.0. The number of fused-ring (bicyclic) bond motifs is 3. The van der Waals surface area contributed by atoms with E-state index in [0.29, 0.717) is 0 Å². The minimum Gasteiger partial charge on any atom is -0.458 e. The fourth-order valence-corrected chi connectivity index (χ4v) is 10.2. The lowest BCUT2D eigenvalue weighted by molar-refractivity contribution is -0.599. The van der Waals surface area contributed by atoms with Gasteiger partial charge in [-0.3, -0.25) is 13.7 Å². The molecule has 0 N–H and O–H groups in total. The van der Waals surface area contributed by atoms with Crippen molar-refractivity contribution in [3.8, 4) is 39.8 Å². The minimum absolute atomic E-state index is 0.00991. The molecular weight excluding hydrogens is 889 g/mol. The number of aromatic nitrogens is 4. The number of pyridine rings is 1. The lowest BCUT2D eigenvalue weighted by Crippen LogP contribution is -2.30. The van der Waals surface area contributed by atoms with E-state index in [1.165, 1.54) is 38.8 Å². The van der Waals surface area contributed by atoms with Crippen molar-refractivity contribution >= 4 is 21.8 Å². The highest BCUT2D eigenvalue weighted by Crippen LogP contribution is 2.42. The van der Waals surface area contributed by atoms with Crippen molar-refractivity contribution in [2.45, 2.75) is 117 Å². The molecule has 0 atom stereocenters. The van der Waals surface area contributed by atoms with Crippen molar-refractivity contribution in [1.29, 1.82) is 0 Å². The molecule has 5 heteroatoms. The summed E-state index contributed by atoms with van der Waals surface area (Å²) in [7, 11) is 0. The molecule has 5 nitrogen and oxygen atoms in total. The first kappa shape index (κ1) is 49.1. The van der Waals surface area contributed by atoms with Crippen LogP contribution in [-0.2, 0) is 27.1 Å². The van der Waals surface area contributed by atoms with Crippen molar-refractivity contribution < 1.29 is 9.30 Å². The van der Waals surface area contributed by atoms with Gasteiger partial charge in [0.05, 0.1) is 28.1 Å². The third kappa shape index (κ3) is 9.54. The number of hydrogen-bond acceptors (Lipinski definition) is 2. The highest BCUT2D eigenvalue weighted by Gasteiger charge is 2.29. The zero-order valence-corrected chi connectivity index (χ0v) is 45.1. The number of nitrogens with zero attached hydrogens (tertiary/aromatic N) is 4. The van der Waals surface area contributed by atoms with Crippen LogP contribution in [0.5, 0.6) is 11.5 Å². The fourth-order valence-electron chi connectivity index (χ4n) is 10.2. The SMILES string of the molecule is CC(C)(C)c1ccnc(-n2c3ccc(C(C)(C)C)cc3c3ccc(Oc4cc(-n5[c-][n+](-c6cc(-c7ccccc7)cc(C(C)(C)c7ccccc7)c6)cc5C(C)(C)C)cc(C(C)(C)c5ccccc5)c4)cc32)c1. The van der Waals surface area contributed by atoms with E-state index in [1.54, 1.807) is 0 Å². The summed E-state index contributed by atoms with van der Waals surface area (Å²) in [5.74, 6) is 2.38. The summed E-state index contributed by atoms with van der Waals surface area (Å²) >= 11 is 0. The predicted molar refractivity (Wildman–Crippen MR) is 303 cm³/mol. The van der Waals surface area contributed by atoms with Crippen molar-refractivity contribution in [3.05, 3.63) is 234 Å². The highest BCUT2D eigenvalue weighted by molar-refractivity contribution is 6.09. The summed E-state index contributed by atoms with van der Waals surface area (Å²) in [5, 5.41) is 2.35. The van der Waals surface area contributed by atoms with Crippen molar-refractivity contribution in [2.75, 3.05) is 0 Å².